The van der Waals surface area contributed by atoms with Crippen molar-refractivity contribution in [1.29, 1.82) is 0 Å². The average molecular weight is 97.1 g/mol. The van der Waals surface area contributed by atoms with E-state index in [1.54, 1.807) is 6.34 Å². The fourth-order valence-corrected chi connectivity index (χ4v) is 0.427. The fourth-order valence-electron chi connectivity index (χ4n) is 0.427. The van der Waals surface area contributed by atoms with Gasteiger partial charge in [-0.05, 0) is 0 Å². The van der Waals surface area contributed by atoms with E-state index in [2.05, 4.69) is 9.98 Å². The summed E-state index contributed by atoms with van der Waals surface area (Å²) >= 11 is 0. The summed E-state index contributed by atoms with van der Waals surface area (Å²) in [4.78, 5) is 7.68. The van der Waals surface area contributed by atoms with Crippen LogP contribution in [0.4, 0.5) is 0 Å². The second-order valence-corrected chi connectivity index (χ2v) is 1.36. The lowest BCUT2D eigenvalue weighted by Crippen LogP contribution is -2.13. The van der Waals surface area contributed by atoms with Crippen molar-refractivity contribution in [3.63, 3.8) is 0 Å². The van der Waals surface area contributed by atoms with Crippen molar-refractivity contribution < 1.29 is 0 Å². The van der Waals surface area contributed by atoms with Gasteiger partial charge in [0.15, 0.2) is 0 Å². The highest BCUT2D eigenvalue weighted by atomic mass is 14.9. The van der Waals surface area contributed by atoms with Gasteiger partial charge >= 0.3 is 0 Å². The minimum atomic E-state index is 0.542. The molecule has 0 bridgehead atoms. The summed E-state index contributed by atoms with van der Waals surface area (Å²) in [5.74, 6) is 0. The topological polar surface area (TPSA) is 50.7 Å². The van der Waals surface area contributed by atoms with E-state index < -0.39 is 0 Å². The third kappa shape index (κ3) is 0.838. The van der Waals surface area contributed by atoms with Gasteiger partial charge in [0.25, 0.3) is 0 Å². The van der Waals surface area contributed by atoms with Crippen molar-refractivity contribution in [2.45, 2.75) is 0 Å². The number of hydrogen-bond acceptors (Lipinski definition) is 3. The van der Waals surface area contributed by atoms with Crippen LogP contribution in [0.3, 0.4) is 0 Å². The Morgan fingerprint density at radius 3 is 3.00 bits per heavy atom. The van der Waals surface area contributed by atoms with Crippen molar-refractivity contribution in [1.82, 2.24) is 0 Å². The van der Waals surface area contributed by atoms with E-state index in [-0.39, 0.29) is 0 Å². The maximum absolute atomic E-state index is 5.22. The summed E-state index contributed by atoms with van der Waals surface area (Å²) in [5.41, 5.74) is 6.20. The highest BCUT2D eigenvalue weighted by Crippen LogP contribution is 1.83. The Kier molecular flexibility index (Phi) is 1.17. The van der Waals surface area contributed by atoms with E-state index in [0.29, 0.717) is 13.1 Å². The molecule has 0 aromatic rings. The summed E-state index contributed by atoms with van der Waals surface area (Å²) in [6.07, 6.45) is 1.54. The van der Waals surface area contributed by atoms with Gasteiger partial charge in [-0.1, -0.05) is 0 Å². The second kappa shape index (κ2) is 1.84. The van der Waals surface area contributed by atoms with Crippen molar-refractivity contribution in [3.05, 3.63) is 0 Å². The molecule has 3 heteroatoms. The standard InChI is InChI=1S/C4H7N3/c5-1-4-2-6-3-7-4/h3H,1-2,5H2. The molecule has 0 fully saturated rings. The molecule has 0 aromatic carbocycles. The van der Waals surface area contributed by atoms with Crippen LogP contribution in [0.5, 0.6) is 0 Å². The Balaban J connectivity index is 2.45. The fraction of sp³-hybridized carbons (Fsp3) is 0.500. The predicted molar refractivity (Wildman–Crippen MR) is 29.8 cm³/mol. The largest absolute Gasteiger partial charge is 0.325 e. The quantitative estimate of drug-likeness (QED) is 0.468. The van der Waals surface area contributed by atoms with Crippen LogP contribution in [0, 0.1) is 0 Å². The summed E-state index contributed by atoms with van der Waals surface area (Å²) in [5, 5.41) is 0. The van der Waals surface area contributed by atoms with Crippen LogP contribution < -0.4 is 5.73 Å². The number of nitrogens with two attached hydrogens (primary N) is 1. The highest BCUT2D eigenvalue weighted by molar-refractivity contribution is 5.97. The molecular weight excluding hydrogens is 90.1 g/mol. The van der Waals surface area contributed by atoms with Crippen molar-refractivity contribution >= 4 is 12.1 Å². The Hall–Kier alpha value is -0.700. The molecule has 38 valence electrons. The van der Waals surface area contributed by atoms with E-state index in [9.17, 15) is 0 Å². The Morgan fingerprint density at radius 1 is 1.86 bits per heavy atom. The van der Waals surface area contributed by atoms with Crippen LogP contribution in [0.25, 0.3) is 0 Å². The van der Waals surface area contributed by atoms with Crippen molar-refractivity contribution in [2.75, 3.05) is 13.1 Å². The first-order valence-electron chi connectivity index (χ1n) is 2.17. The molecule has 0 amide bonds. The van der Waals surface area contributed by atoms with Gasteiger partial charge in [-0.3, -0.25) is 4.99 Å². The van der Waals surface area contributed by atoms with Gasteiger partial charge in [0.1, 0.15) is 6.34 Å². The Bertz CT molecular complexity index is 114. The lowest BCUT2D eigenvalue weighted by atomic mass is 10.4. The van der Waals surface area contributed by atoms with Gasteiger partial charge in [0, 0.05) is 6.54 Å². The number of rotatable bonds is 1. The van der Waals surface area contributed by atoms with Crippen LogP contribution in [0.2, 0.25) is 0 Å². The van der Waals surface area contributed by atoms with Gasteiger partial charge in [-0.25, -0.2) is 4.99 Å². The molecule has 0 spiro atoms. The molecule has 0 unspecified atom stereocenters. The lowest BCUT2D eigenvalue weighted by Gasteiger charge is -1.85. The number of hydrogen-bond donors (Lipinski definition) is 1. The third-order valence-electron chi connectivity index (χ3n) is 0.831. The zero-order valence-corrected chi connectivity index (χ0v) is 3.96. The molecule has 0 aromatic heterocycles. The van der Waals surface area contributed by atoms with Crippen molar-refractivity contribution in [2.24, 2.45) is 15.7 Å². The van der Waals surface area contributed by atoms with Crippen LogP contribution in [0.15, 0.2) is 9.98 Å². The van der Waals surface area contributed by atoms with Crippen LogP contribution in [-0.4, -0.2) is 25.1 Å². The number of nitrogens with zero attached hydrogens (tertiary/aromatic N) is 2. The molecule has 2 N–H and O–H groups in total. The van der Waals surface area contributed by atoms with Gasteiger partial charge in [-0.15, -0.1) is 0 Å². The Morgan fingerprint density at radius 2 is 2.71 bits per heavy atom. The molecule has 1 rings (SSSR count). The molecular formula is C4H7N3. The zero-order chi connectivity index (χ0) is 5.11. The lowest BCUT2D eigenvalue weighted by molar-refractivity contribution is 1.24. The summed E-state index contributed by atoms with van der Waals surface area (Å²) < 4.78 is 0. The maximum atomic E-state index is 5.22. The molecule has 0 saturated carbocycles. The van der Waals surface area contributed by atoms with E-state index >= 15 is 0 Å². The van der Waals surface area contributed by atoms with Gasteiger partial charge < -0.3 is 5.73 Å². The van der Waals surface area contributed by atoms with E-state index in [1.807, 2.05) is 0 Å². The summed E-state index contributed by atoms with van der Waals surface area (Å²) in [7, 11) is 0. The molecule has 3 nitrogen and oxygen atoms in total. The zero-order valence-electron chi connectivity index (χ0n) is 3.96. The van der Waals surface area contributed by atoms with Gasteiger partial charge in [0.05, 0.1) is 12.3 Å². The maximum Gasteiger partial charge on any atom is 0.110 e. The first kappa shape index (κ1) is 4.46. The third-order valence-corrected chi connectivity index (χ3v) is 0.831. The van der Waals surface area contributed by atoms with E-state index in [0.717, 1.165) is 5.71 Å². The smallest absolute Gasteiger partial charge is 0.110 e. The molecule has 0 saturated heterocycles. The van der Waals surface area contributed by atoms with Gasteiger partial charge in [0.2, 0.25) is 0 Å². The van der Waals surface area contributed by atoms with Gasteiger partial charge in [-0.2, -0.15) is 0 Å². The van der Waals surface area contributed by atoms with E-state index in [4.69, 9.17) is 5.73 Å². The first-order valence-corrected chi connectivity index (χ1v) is 2.17. The summed E-state index contributed by atoms with van der Waals surface area (Å²) in [6.45, 7) is 1.25. The van der Waals surface area contributed by atoms with Crippen LogP contribution in [-0.2, 0) is 0 Å². The predicted octanol–water partition coefficient (Wildman–Crippen LogP) is -0.572. The first-order chi connectivity index (χ1) is 3.43. The molecule has 1 aliphatic heterocycles. The number of aliphatic imine (C=N–C) groups is 2. The molecule has 7 heavy (non-hydrogen) atoms. The SMILES string of the molecule is NCC1=NC=NC1. The normalized spacial score (nSPS) is 17.6. The molecule has 0 aliphatic carbocycles. The minimum Gasteiger partial charge on any atom is -0.325 e. The van der Waals surface area contributed by atoms with Crippen LogP contribution >= 0.6 is 0 Å². The molecule has 1 heterocycles. The average Bonchev–Trinajstić information content (AvgIpc) is 2.14. The Labute approximate surface area is 42.0 Å². The highest BCUT2D eigenvalue weighted by Gasteiger charge is 1.95. The second-order valence-electron chi connectivity index (χ2n) is 1.36. The molecule has 1 aliphatic rings. The minimum absolute atomic E-state index is 0.542. The molecule has 0 atom stereocenters. The van der Waals surface area contributed by atoms with Crippen LogP contribution in [0.1, 0.15) is 0 Å². The summed E-state index contributed by atoms with van der Waals surface area (Å²) in [6, 6.07) is 0. The monoisotopic (exact) mass is 97.1 g/mol. The van der Waals surface area contributed by atoms with Crippen molar-refractivity contribution in [3.8, 4) is 0 Å². The molecule has 0 radical (unpaired) electrons. The van der Waals surface area contributed by atoms with E-state index in [1.165, 1.54) is 0 Å².